The summed E-state index contributed by atoms with van der Waals surface area (Å²) >= 11 is 0. The zero-order valence-corrected chi connectivity index (χ0v) is 14.3. The third kappa shape index (κ3) is 2.83. The molecule has 0 fully saturated rings. The average molecular weight is 364 g/mol. The lowest BCUT2D eigenvalue weighted by molar-refractivity contribution is -0.144. The minimum absolute atomic E-state index is 0.0807. The zero-order chi connectivity index (χ0) is 18.7. The summed E-state index contributed by atoms with van der Waals surface area (Å²) in [5.41, 5.74) is 1.06. The lowest BCUT2D eigenvalue weighted by atomic mass is 10.0. The van der Waals surface area contributed by atoms with Gasteiger partial charge in [0.1, 0.15) is 5.60 Å². The lowest BCUT2D eigenvalue weighted by Gasteiger charge is -2.18. The summed E-state index contributed by atoms with van der Waals surface area (Å²) < 4.78 is 51.5. The second kappa shape index (κ2) is 5.33. The molecule has 0 spiro atoms. The SMILES string of the molecule is Cc1cc(Oc2cccc3c2OC(C)(C)C3)n2nc(C(F)(F)F)nc2n1. The predicted octanol–water partition coefficient (Wildman–Crippen LogP) is 3.96. The quantitative estimate of drug-likeness (QED) is 0.689. The van der Waals surface area contributed by atoms with Gasteiger partial charge in [-0.05, 0) is 26.8 Å². The van der Waals surface area contributed by atoms with Crippen molar-refractivity contribution in [2.75, 3.05) is 0 Å². The molecule has 0 amide bonds. The van der Waals surface area contributed by atoms with Crippen LogP contribution in [-0.4, -0.2) is 25.2 Å². The molecule has 0 atom stereocenters. The second-order valence-corrected chi connectivity index (χ2v) is 6.77. The van der Waals surface area contributed by atoms with Crippen LogP contribution in [0.2, 0.25) is 0 Å². The highest BCUT2D eigenvalue weighted by atomic mass is 19.4. The molecule has 0 aliphatic carbocycles. The fraction of sp³-hybridized carbons (Fsp3) is 0.353. The van der Waals surface area contributed by atoms with Crippen molar-refractivity contribution in [3.63, 3.8) is 0 Å². The molecule has 1 aliphatic heterocycles. The number of para-hydroxylation sites is 1. The van der Waals surface area contributed by atoms with Crippen LogP contribution in [0, 0.1) is 6.92 Å². The molecule has 4 rings (SSSR count). The van der Waals surface area contributed by atoms with Crippen LogP contribution < -0.4 is 9.47 Å². The van der Waals surface area contributed by atoms with Gasteiger partial charge in [0.2, 0.25) is 5.88 Å². The standard InChI is InChI=1S/C17H15F3N4O2/c1-9-7-12(24-15(21-9)22-14(23-24)17(18,19)20)25-11-6-4-5-10-8-16(2,3)26-13(10)11/h4-7H,8H2,1-3H3. The normalized spacial score (nSPS) is 15.8. The van der Waals surface area contributed by atoms with Gasteiger partial charge < -0.3 is 9.47 Å². The number of alkyl halides is 3. The van der Waals surface area contributed by atoms with Gasteiger partial charge in [-0.1, -0.05) is 12.1 Å². The van der Waals surface area contributed by atoms with Crippen molar-refractivity contribution in [1.29, 1.82) is 0 Å². The number of rotatable bonds is 2. The molecule has 3 aromatic rings. The molecule has 0 N–H and O–H groups in total. The van der Waals surface area contributed by atoms with E-state index in [1.54, 1.807) is 13.0 Å². The minimum atomic E-state index is -4.67. The van der Waals surface area contributed by atoms with E-state index >= 15 is 0 Å². The molecule has 6 nitrogen and oxygen atoms in total. The number of hydrogen-bond acceptors (Lipinski definition) is 5. The van der Waals surface area contributed by atoms with Gasteiger partial charge in [-0.2, -0.15) is 22.7 Å². The first kappa shape index (κ1) is 16.6. The number of ether oxygens (including phenoxy) is 2. The van der Waals surface area contributed by atoms with E-state index in [1.807, 2.05) is 26.0 Å². The van der Waals surface area contributed by atoms with Crippen molar-refractivity contribution < 1.29 is 22.6 Å². The van der Waals surface area contributed by atoms with E-state index in [4.69, 9.17) is 9.47 Å². The maximum atomic E-state index is 12.9. The Balaban J connectivity index is 1.80. The fourth-order valence-corrected chi connectivity index (χ4v) is 2.93. The van der Waals surface area contributed by atoms with Crippen LogP contribution in [0.3, 0.4) is 0 Å². The largest absolute Gasteiger partial charge is 0.483 e. The third-order valence-electron chi connectivity index (χ3n) is 3.93. The molecule has 0 saturated heterocycles. The summed E-state index contributed by atoms with van der Waals surface area (Å²) in [5.74, 6) is -0.380. The van der Waals surface area contributed by atoms with Crippen LogP contribution in [0.4, 0.5) is 13.2 Å². The van der Waals surface area contributed by atoms with Gasteiger partial charge in [0.05, 0.1) is 0 Å². The number of fused-ring (bicyclic) bond motifs is 2. The Bertz CT molecular complexity index is 1010. The average Bonchev–Trinajstić information content (AvgIpc) is 3.06. The van der Waals surface area contributed by atoms with E-state index in [2.05, 4.69) is 15.1 Å². The molecule has 2 aromatic heterocycles. The van der Waals surface area contributed by atoms with E-state index in [0.29, 0.717) is 23.6 Å². The van der Waals surface area contributed by atoms with Gasteiger partial charge in [-0.25, -0.2) is 4.98 Å². The molecular formula is C17H15F3N4O2. The highest BCUT2D eigenvalue weighted by Gasteiger charge is 2.37. The molecule has 26 heavy (non-hydrogen) atoms. The van der Waals surface area contributed by atoms with Crippen LogP contribution in [0.25, 0.3) is 5.78 Å². The van der Waals surface area contributed by atoms with Crippen LogP contribution in [0.1, 0.15) is 30.9 Å². The zero-order valence-electron chi connectivity index (χ0n) is 14.3. The van der Waals surface area contributed by atoms with Crippen LogP contribution in [-0.2, 0) is 12.6 Å². The Labute approximate surface area is 146 Å². The number of hydrogen-bond donors (Lipinski definition) is 0. The van der Waals surface area contributed by atoms with Crippen molar-refractivity contribution in [3.8, 4) is 17.4 Å². The van der Waals surface area contributed by atoms with Crippen LogP contribution >= 0.6 is 0 Å². The Morgan fingerprint density at radius 2 is 2.00 bits per heavy atom. The monoisotopic (exact) mass is 364 g/mol. The number of nitrogens with zero attached hydrogens (tertiary/aromatic N) is 4. The van der Waals surface area contributed by atoms with Crippen molar-refractivity contribution in [3.05, 3.63) is 41.3 Å². The number of benzene rings is 1. The third-order valence-corrected chi connectivity index (χ3v) is 3.93. The van der Waals surface area contributed by atoms with Gasteiger partial charge in [-0.3, -0.25) is 0 Å². The number of aryl methyl sites for hydroxylation is 1. The van der Waals surface area contributed by atoms with E-state index in [9.17, 15) is 13.2 Å². The number of aromatic nitrogens is 4. The molecule has 0 unspecified atom stereocenters. The molecule has 3 heterocycles. The molecule has 1 aliphatic rings. The van der Waals surface area contributed by atoms with E-state index in [-0.39, 0.29) is 17.3 Å². The summed E-state index contributed by atoms with van der Waals surface area (Å²) in [6.07, 6.45) is -3.95. The van der Waals surface area contributed by atoms with Crippen molar-refractivity contribution in [1.82, 2.24) is 19.6 Å². The molecular weight excluding hydrogens is 349 g/mol. The maximum absolute atomic E-state index is 12.9. The first-order valence-corrected chi connectivity index (χ1v) is 7.93. The lowest BCUT2D eigenvalue weighted by Crippen LogP contribution is -2.24. The highest BCUT2D eigenvalue weighted by molar-refractivity contribution is 5.51. The van der Waals surface area contributed by atoms with Crippen LogP contribution in [0.15, 0.2) is 24.3 Å². The molecule has 0 saturated carbocycles. The maximum Gasteiger partial charge on any atom is 0.453 e. The first-order chi connectivity index (χ1) is 12.1. The highest BCUT2D eigenvalue weighted by Crippen LogP contribution is 2.43. The Morgan fingerprint density at radius 3 is 2.73 bits per heavy atom. The smallest absolute Gasteiger partial charge is 0.453 e. The first-order valence-electron chi connectivity index (χ1n) is 7.93. The summed E-state index contributed by atoms with van der Waals surface area (Å²) in [5, 5.41) is 3.50. The molecule has 0 bridgehead atoms. The Kier molecular flexibility index (Phi) is 3.40. The van der Waals surface area contributed by atoms with Crippen molar-refractivity contribution in [2.24, 2.45) is 0 Å². The van der Waals surface area contributed by atoms with Crippen molar-refractivity contribution >= 4 is 5.78 Å². The molecule has 1 aromatic carbocycles. The molecule has 9 heteroatoms. The molecule has 0 radical (unpaired) electrons. The Hall–Kier alpha value is -2.84. The van der Waals surface area contributed by atoms with Gasteiger partial charge in [0, 0.05) is 23.7 Å². The van der Waals surface area contributed by atoms with E-state index in [0.717, 1.165) is 10.1 Å². The van der Waals surface area contributed by atoms with Gasteiger partial charge in [-0.15, -0.1) is 5.10 Å². The van der Waals surface area contributed by atoms with Crippen molar-refractivity contribution in [2.45, 2.75) is 39.0 Å². The van der Waals surface area contributed by atoms with E-state index in [1.165, 1.54) is 6.07 Å². The Morgan fingerprint density at radius 1 is 1.23 bits per heavy atom. The summed E-state index contributed by atoms with van der Waals surface area (Å²) in [7, 11) is 0. The fourth-order valence-electron chi connectivity index (χ4n) is 2.93. The van der Waals surface area contributed by atoms with Gasteiger partial charge in [0.15, 0.2) is 11.5 Å². The minimum Gasteiger partial charge on any atom is -0.483 e. The topological polar surface area (TPSA) is 61.5 Å². The summed E-state index contributed by atoms with van der Waals surface area (Å²) in [6, 6.07) is 6.94. The summed E-state index contributed by atoms with van der Waals surface area (Å²) in [4.78, 5) is 7.43. The number of halogens is 3. The van der Waals surface area contributed by atoms with Gasteiger partial charge in [0.25, 0.3) is 11.6 Å². The van der Waals surface area contributed by atoms with Crippen LogP contribution in [0.5, 0.6) is 17.4 Å². The van der Waals surface area contributed by atoms with E-state index < -0.39 is 12.0 Å². The second-order valence-electron chi connectivity index (χ2n) is 6.77. The predicted molar refractivity (Wildman–Crippen MR) is 85.4 cm³/mol. The van der Waals surface area contributed by atoms with Gasteiger partial charge >= 0.3 is 6.18 Å². The molecule has 136 valence electrons. The summed E-state index contributed by atoms with van der Waals surface area (Å²) in [6.45, 7) is 5.56.